The summed E-state index contributed by atoms with van der Waals surface area (Å²) in [5.74, 6) is 1.73. The van der Waals surface area contributed by atoms with E-state index in [9.17, 15) is 0 Å². The Bertz CT molecular complexity index is 573. The number of hydrogen-bond donors (Lipinski definition) is 1. The third kappa shape index (κ3) is 2.67. The minimum absolute atomic E-state index is 0.0989. The number of nitrogens with zero attached hydrogens (tertiary/aromatic N) is 1. The summed E-state index contributed by atoms with van der Waals surface area (Å²) in [7, 11) is 4.72. The molecule has 0 saturated carbocycles. The minimum Gasteiger partial charge on any atom is -0.493 e. The molecular formula is C15H17NO4. The van der Waals surface area contributed by atoms with Crippen LogP contribution >= 0.6 is 0 Å². The molecule has 0 unspecified atom stereocenters. The minimum atomic E-state index is -0.0989. The van der Waals surface area contributed by atoms with E-state index in [1.807, 2.05) is 24.3 Å². The Morgan fingerprint density at radius 2 is 1.60 bits per heavy atom. The van der Waals surface area contributed by atoms with Crippen molar-refractivity contribution in [2.45, 2.75) is 6.61 Å². The van der Waals surface area contributed by atoms with Crippen molar-refractivity contribution >= 4 is 0 Å². The largest absolute Gasteiger partial charge is 0.493 e. The molecule has 0 aliphatic rings. The smallest absolute Gasteiger partial charge is 0.203 e. The van der Waals surface area contributed by atoms with Gasteiger partial charge in [-0.25, -0.2) is 0 Å². The highest BCUT2D eigenvalue weighted by Gasteiger charge is 2.14. The highest BCUT2D eigenvalue weighted by atomic mass is 16.5. The predicted molar refractivity (Wildman–Crippen MR) is 75.3 cm³/mol. The van der Waals surface area contributed by atoms with E-state index >= 15 is 0 Å². The zero-order valence-corrected chi connectivity index (χ0v) is 11.7. The number of aromatic nitrogens is 1. The molecular weight excluding hydrogens is 258 g/mol. The van der Waals surface area contributed by atoms with Crippen molar-refractivity contribution in [1.82, 2.24) is 4.98 Å². The molecule has 1 N–H and O–H groups in total. The number of pyridine rings is 1. The van der Waals surface area contributed by atoms with Gasteiger partial charge in [-0.1, -0.05) is 0 Å². The van der Waals surface area contributed by atoms with Crippen LogP contribution < -0.4 is 14.2 Å². The van der Waals surface area contributed by atoms with Gasteiger partial charge in [-0.2, -0.15) is 0 Å². The lowest BCUT2D eigenvalue weighted by Crippen LogP contribution is -1.96. The van der Waals surface area contributed by atoms with Crippen LogP contribution in [0.4, 0.5) is 0 Å². The van der Waals surface area contributed by atoms with E-state index in [1.54, 1.807) is 27.5 Å². The fraction of sp³-hybridized carbons (Fsp3) is 0.267. The molecule has 106 valence electrons. The number of rotatable bonds is 5. The third-order valence-electron chi connectivity index (χ3n) is 2.98. The Morgan fingerprint density at radius 3 is 2.10 bits per heavy atom. The maximum Gasteiger partial charge on any atom is 0.203 e. The highest BCUT2D eigenvalue weighted by molar-refractivity contribution is 5.71. The standard InChI is InChI=1S/C15H17NO4/c1-18-13-7-11(8-14(19-2)15(13)20-3)10-4-5-16-12(6-10)9-17/h4-8,17H,9H2,1-3H3. The van der Waals surface area contributed by atoms with Gasteiger partial charge < -0.3 is 19.3 Å². The molecule has 0 radical (unpaired) electrons. The van der Waals surface area contributed by atoms with Crippen molar-refractivity contribution in [3.63, 3.8) is 0 Å². The van der Waals surface area contributed by atoms with Crippen LogP contribution in [0.25, 0.3) is 11.1 Å². The first-order valence-corrected chi connectivity index (χ1v) is 6.09. The lowest BCUT2D eigenvalue weighted by Gasteiger charge is -2.14. The lowest BCUT2D eigenvalue weighted by molar-refractivity contribution is 0.277. The fourth-order valence-corrected chi connectivity index (χ4v) is 1.99. The van der Waals surface area contributed by atoms with Crippen LogP contribution in [0.15, 0.2) is 30.5 Å². The summed E-state index contributed by atoms with van der Waals surface area (Å²) in [6.07, 6.45) is 1.66. The van der Waals surface area contributed by atoms with Crippen molar-refractivity contribution in [3.8, 4) is 28.4 Å². The molecule has 1 aromatic heterocycles. The lowest BCUT2D eigenvalue weighted by atomic mass is 10.0. The van der Waals surface area contributed by atoms with Crippen molar-refractivity contribution < 1.29 is 19.3 Å². The Balaban J connectivity index is 2.56. The molecule has 0 spiro atoms. The zero-order valence-electron chi connectivity index (χ0n) is 11.7. The van der Waals surface area contributed by atoms with E-state index in [0.29, 0.717) is 22.9 Å². The van der Waals surface area contributed by atoms with E-state index in [4.69, 9.17) is 19.3 Å². The molecule has 5 heteroatoms. The van der Waals surface area contributed by atoms with Gasteiger partial charge >= 0.3 is 0 Å². The molecule has 1 heterocycles. The van der Waals surface area contributed by atoms with Gasteiger partial charge in [0.1, 0.15) is 0 Å². The topological polar surface area (TPSA) is 60.8 Å². The number of benzene rings is 1. The second-order valence-electron chi connectivity index (χ2n) is 4.11. The first-order valence-electron chi connectivity index (χ1n) is 6.09. The third-order valence-corrected chi connectivity index (χ3v) is 2.98. The van der Waals surface area contributed by atoms with Gasteiger partial charge in [0.25, 0.3) is 0 Å². The van der Waals surface area contributed by atoms with Crippen LogP contribution in [0.3, 0.4) is 0 Å². The van der Waals surface area contributed by atoms with Gasteiger partial charge in [0.15, 0.2) is 11.5 Å². The van der Waals surface area contributed by atoms with Gasteiger partial charge in [0, 0.05) is 6.20 Å². The number of aliphatic hydroxyl groups is 1. The maximum atomic E-state index is 9.16. The number of methoxy groups -OCH3 is 3. The van der Waals surface area contributed by atoms with E-state index in [1.165, 1.54) is 0 Å². The number of hydrogen-bond acceptors (Lipinski definition) is 5. The zero-order chi connectivity index (χ0) is 14.5. The van der Waals surface area contributed by atoms with Crippen molar-refractivity contribution in [2.75, 3.05) is 21.3 Å². The van der Waals surface area contributed by atoms with Gasteiger partial charge in [-0.15, -0.1) is 0 Å². The Morgan fingerprint density at radius 1 is 0.950 bits per heavy atom. The molecule has 5 nitrogen and oxygen atoms in total. The average Bonchev–Trinajstić information content (AvgIpc) is 2.53. The number of aliphatic hydroxyl groups excluding tert-OH is 1. The summed E-state index contributed by atoms with van der Waals surface area (Å²) < 4.78 is 15.9. The molecule has 2 aromatic rings. The van der Waals surface area contributed by atoms with E-state index < -0.39 is 0 Å². The van der Waals surface area contributed by atoms with Gasteiger partial charge in [-0.05, 0) is 35.4 Å². The number of ether oxygens (including phenoxy) is 3. The van der Waals surface area contributed by atoms with Crippen LogP contribution in [0, 0.1) is 0 Å². The van der Waals surface area contributed by atoms with Crippen LogP contribution in [-0.2, 0) is 6.61 Å². The summed E-state index contributed by atoms with van der Waals surface area (Å²) in [6, 6.07) is 7.40. The normalized spacial score (nSPS) is 10.2. The average molecular weight is 275 g/mol. The van der Waals surface area contributed by atoms with E-state index in [2.05, 4.69) is 4.98 Å². The molecule has 0 aliphatic carbocycles. The first kappa shape index (κ1) is 14.1. The highest BCUT2D eigenvalue weighted by Crippen LogP contribution is 2.41. The Hall–Kier alpha value is -2.27. The van der Waals surface area contributed by atoms with Crippen molar-refractivity contribution in [3.05, 3.63) is 36.2 Å². The van der Waals surface area contributed by atoms with Crippen LogP contribution in [0.1, 0.15) is 5.69 Å². The van der Waals surface area contributed by atoms with Crippen molar-refractivity contribution in [1.29, 1.82) is 0 Å². The van der Waals surface area contributed by atoms with Crippen LogP contribution in [-0.4, -0.2) is 31.4 Å². The van der Waals surface area contributed by atoms with Crippen molar-refractivity contribution in [2.24, 2.45) is 0 Å². The molecule has 0 saturated heterocycles. The fourth-order valence-electron chi connectivity index (χ4n) is 1.99. The summed E-state index contributed by atoms with van der Waals surface area (Å²) in [5, 5.41) is 9.16. The van der Waals surface area contributed by atoms with Crippen LogP contribution in [0.5, 0.6) is 17.2 Å². The quantitative estimate of drug-likeness (QED) is 0.907. The second-order valence-corrected chi connectivity index (χ2v) is 4.11. The monoisotopic (exact) mass is 275 g/mol. The van der Waals surface area contributed by atoms with Gasteiger partial charge in [-0.3, -0.25) is 4.98 Å². The summed E-state index contributed by atoms with van der Waals surface area (Å²) in [5.41, 5.74) is 2.43. The molecule has 1 aromatic carbocycles. The van der Waals surface area contributed by atoms with E-state index in [0.717, 1.165) is 11.1 Å². The molecule has 0 atom stereocenters. The summed E-state index contributed by atoms with van der Waals surface area (Å²) in [6.45, 7) is -0.0989. The van der Waals surface area contributed by atoms with Crippen LogP contribution in [0.2, 0.25) is 0 Å². The van der Waals surface area contributed by atoms with Gasteiger partial charge in [0.05, 0.1) is 33.6 Å². The SMILES string of the molecule is COc1cc(-c2ccnc(CO)c2)cc(OC)c1OC. The molecule has 2 rings (SSSR count). The molecule has 0 amide bonds. The molecule has 0 fully saturated rings. The van der Waals surface area contributed by atoms with Gasteiger partial charge in [0.2, 0.25) is 5.75 Å². The molecule has 0 bridgehead atoms. The molecule has 20 heavy (non-hydrogen) atoms. The first-order chi connectivity index (χ1) is 9.73. The summed E-state index contributed by atoms with van der Waals surface area (Å²) >= 11 is 0. The second kappa shape index (κ2) is 6.25. The summed E-state index contributed by atoms with van der Waals surface area (Å²) in [4.78, 5) is 4.07. The van der Waals surface area contributed by atoms with E-state index in [-0.39, 0.29) is 6.61 Å². The predicted octanol–water partition coefficient (Wildman–Crippen LogP) is 2.27. The maximum absolute atomic E-state index is 9.16. The Kier molecular flexibility index (Phi) is 4.42. The molecule has 0 aliphatic heterocycles. The Labute approximate surface area is 117 Å².